The van der Waals surface area contributed by atoms with E-state index in [2.05, 4.69) is 15.8 Å². The lowest BCUT2D eigenvalue weighted by Gasteiger charge is -2.20. The van der Waals surface area contributed by atoms with Crippen molar-refractivity contribution in [2.75, 3.05) is 0 Å². The molecule has 2 rings (SSSR count). The van der Waals surface area contributed by atoms with E-state index in [1.807, 2.05) is 33.8 Å². The molecule has 0 heterocycles. The second-order valence-electron chi connectivity index (χ2n) is 7.14. The normalized spacial score (nSPS) is 12.2. The number of ether oxygens (including phenoxy) is 1. The minimum absolute atomic E-state index is 0.0172. The van der Waals surface area contributed by atoms with Crippen LogP contribution in [0.3, 0.4) is 0 Å². The Balaban J connectivity index is 2.07. The van der Waals surface area contributed by atoms with Crippen LogP contribution in [0.5, 0.6) is 5.75 Å². The lowest BCUT2D eigenvalue weighted by molar-refractivity contribution is -0.123. The Labute approximate surface area is 176 Å². The van der Waals surface area contributed by atoms with E-state index in [9.17, 15) is 9.59 Å². The summed E-state index contributed by atoms with van der Waals surface area (Å²) >= 11 is 6.05. The molecule has 0 fully saturated rings. The highest BCUT2D eigenvalue weighted by atomic mass is 35.5. The fraction of sp³-hybridized carbons (Fsp3) is 0.318. The monoisotopic (exact) mass is 415 g/mol. The molecule has 0 aliphatic heterocycles. The van der Waals surface area contributed by atoms with Gasteiger partial charge < -0.3 is 10.1 Å². The second kappa shape index (κ2) is 10.6. The standard InChI is InChI=1S/C22H26ClN3O3/c1-14(2)20(25-21(27)16-8-6-5-7-9-16)22(28)26-24-13-17-12-18(23)10-11-19(17)29-15(3)4/h5-15,20H,1-4H3,(H,25,27)(H,26,28)/b24-13+. The van der Waals surface area contributed by atoms with Crippen molar-refractivity contribution in [1.82, 2.24) is 10.7 Å². The Kier molecular flexibility index (Phi) is 8.21. The van der Waals surface area contributed by atoms with E-state index in [1.165, 1.54) is 6.21 Å². The number of carbonyl (C=O) groups excluding carboxylic acids is 2. The van der Waals surface area contributed by atoms with Crippen molar-refractivity contribution in [3.63, 3.8) is 0 Å². The Morgan fingerprint density at radius 1 is 1.07 bits per heavy atom. The third kappa shape index (κ3) is 6.91. The molecule has 0 bridgehead atoms. The van der Waals surface area contributed by atoms with Crippen LogP contribution in [-0.2, 0) is 4.79 Å². The number of benzene rings is 2. The summed E-state index contributed by atoms with van der Waals surface area (Å²) in [6, 6.07) is 13.2. The number of hydrogen-bond donors (Lipinski definition) is 2. The highest BCUT2D eigenvalue weighted by Gasteiger charge is 2.24. The molecule has 0 saturated carbocycles. The van der Waals surface area contributed by atoms with E-state index >= 15 is 0 Å². The number of amides is 2. The molecule has 2 N–H and O–H groups in total. The third-order valence-electron chi connectivity index (χ3n) is 3.98. The molecule has 2 aromatic carbocycles. The first-order valence-corrected chi connectivity index (χ1v) is 9.80. The van der Waals surface area contributed by atoms with Crippen LogP contribution >= 0.6 is 11.6 Å². The van der Waals surface area contributed by atoms with Gasteiger partial charge in [0.15, 0.2) is 0 Å². The molecule has 6 nitrogen and oxygen atoms in total. The Hall–Kier alpha value is -2.86. The number of nitrogens with zero attached hydrogens (tertiary/aromatic N) is 1. The van der Waals surface area contributed by atoms with E-state index in [0.717, 1.165) is 0 Å². The van der Waals surface area contributed by atoms with Crippen LogP contribution in [0, 0.1) is 5.92 Å². The van der Waals surface area contributed by atoms with Crippen LogP contribution in [0.15, 0.2) is 53.6 Å². The van der Waals surface area contributed by atoms with Gasteiger partial charge in [-0.05, 0) is 50.1 Å². The van der Waals surface area contributed by atoms with Crippen LogP contribution in [0.2, 0.25) is 5.02 Å². The average molecular weight is 416 g/mol. The van der Waals surface area contributed by atoms with Gasteiger partial charge in [0.25, 0.3) is 11.8 Å². The van der Waals surface area contributed by atoms with Crippen molar-refractivity contribution >= 4 is 29.6 Å². The summed E-state index contributed by atoms with van der Waals surface area (Å²) in [7, 11) is 0. The van der Waals surface area contributed by atoms with Gasteiger partial charge in [-0.3, -0.25) is 9.59 Å². The summed E-state index contributed by atoms with van der Waals surface area (Å²) in [5.41, 5.74) is 3.62. The molecule has 0 spiro atoms. The smallest absolute Gasteiger partial charge is 0.262 e. The average Bonchev–Trinajstić information content (AvgIpc) is 2.68. The summed E-state index contributed by atoms with van der Waals surface area (Å²) in [6.07, 6.45) is 1.45. The Morgan fingerprint density at radius 2 is 1.76 bits per heavy atom. The summed E-state index contributed by atoms with van der Waals surface area (Å²) in [4.78, 5) is 25.0. The Morgan fingerprint density at radius 3 is 2.38 bits per heavy atom. The van der Waals surface area contributed by atoms with Gasteiger partial charge in [0.2, 0.25) is 0 Å². The molecule has 0 aliphatic carbocycles. The zero-order chi connectivity index (χ0) is 21.4. The van der Waals surface area contributed by atoms with E-state index in [4.69, 9.17) is 16.3 Å². The zero-order valence-electron chi connectivity index (χ0n) is 17.0. The highest BCUT2D eigenvalue weighted by molar-refractivity contribution is 6.30. The van der Waals surface area contributed by atoms with Crippen molar-refractivity contribution in [3.8, 4) is 5.75 Å². The van der Waals surface area contributed by atoms with Crippen molar-refractivity contribution in [3.05, 3.63) is 64.7 Å². The second-order valence-corrected chi connectivity index (χ2v) is 7.58. The van der Waals surface area contributed by atoms with Gasteiger partial charge in [-0.15, -0.1) is 0 Å². The summed E-state index contributed by atoms with van der Waals surface area (Å²) in [5.74, 6) is -0.233. The maximum atomic E-state index is 12.6. The molecule has 7 heteroatoms. The number of hydrogen-bond acceptors (Lipinski definition) is 4. The molecule has 1 unspecified atom stereocenters. The van der Waals surface area contributed by atoms with Crippen LogP contribution in [0.4, 0.5) is 0 Å². The number of carbonyl (C=O) groups is 2. The summed E-state index contributed by atoms with van der Waals surface area (Å²) < 4.78 is 5.73. The third-order valence-corrected chi connectivity index (χ3v) is 4.22. The number of halogens is 1. The number of nitrogens with one attached hydrogen (secondary N) is 2. The predicted octanol–water partition coefficient (Wildman–Crippen LogP) is 4.03. The van der Waals surface area contributed by atoms with Gasteiger partial charge >= 0.3 is 0 Å². The molecule has 0 aromatic heterocycles. The minimum atomic E-state index is -0.731. The Bertz CT molecular complexity index is 867. The first kappa shape index (κ1) is 22.4. The molecule has 29 heavy (non-hydrogen) atoms. The zero-order valence-corrected chi connectivity index (χ0v) is 17.7. The largest absolute Gasteiger partial charge is 0.490 e. The molecule has 0 saturated heterocycles. The van der Waals surface area contributed by atoms with Crippen LogP contribution in [-0.4, -0.2) is 30.2 Å². The molecular weight excluding hydrogens is 390 g/mol. The molecule has 2 aromatic rings. The lowest BCUT2D eigenvalue weighted by Crippen LogP contribution is -2.48. The first-order valence-electron chi connectivity index (χ1n) is 9.43. The molecule has 0 radical (unpaired) electrons. The van der Waals surface area contributed by atoms with E-state index in [0.29, 0.717) is 21.9 Å². The predicted molar refractivity (Wildman–Crippen MR) is 115 cm³/mol. The molecular formula is C22H26ClN3O3. The SMILES string of the molecule is CC(C)Oc1ccc(Cl)cc1/C=N/NC(=O)C(NC(=O)c1ccccc1)C(C)C. The van der Waals surface area contributed by atoms with Gasteiger partial charge in [-0.2, -0.15) is 5.10 Å². The van der Waals surface area contributed by atoms with E-state index in [-0.39, 0.29) is 17.9 Å². The number of hydrazone groups is 1. The van der Waals surface area contributed by atoms with Gasteiger partial charge in [0.05, 0.1) is 12.3 Å². The van der Waals surface area contributed by atoms with Gasteiger partial charge in [0.1, 0.15) is 11.8 Å². The van der Waals surface area contributed by atoms with Crippen LogP contribution < -0.4 is 15.5 Å². The molecule has 154 valence electrons. The summed E-state index contributed by atoms with van der Waals surface area (Å²) in [6.45, 7) is 7.54. The van der Waals surface area contributed by atoms with Gasteiger partial charge in [-0.25, -0.2) is 5.43 Å². The fourth-order valence-corrected chi connectivity index (χ4v) is 2.75. The van der Waals surface area contributed by atoms with E-state index < -0.39 is 11.9 Å². The minimum Gasteiger partial charge on any atom is -0.490 e. The maximum Gasteiger partial charge on any atom is 0.262 e. The quantitative estimate of drug-likeness (QED) is 0.504. The van der Waals surface area contributed by atoms with Crippen molar-refractivity contribution in [1.29, 1.82) is 0 Å². The molecule has 1 atom stereocenters. The van der Waals surface area contributed by atoms with Crippen LogP contribution in [0.25, 0.3) is 0 Å². The number of rotatable bonds is 8. The van der Waals surface area contributed by atoms with E-state index in [1.54, 1.807) is 42.5 Å². The highest BCUT2D eigenvalue weighted by Crippen LogP contribution is 2.22. The van der Waals surface area contributed by atoms with Crippen molar-refractivity contribution < 1.29 is 14.3 Å². The van der Waals surface area contributed by atoms with Crippen molar-refractivity contribution in [2.24, 2.45) is 11.0 Å². The summed E-state index contributed by atoms with van der Waals surface area (Å²) in [5, 5.41) is 7.31. The lowest BCUT2D eigenvalue weighted by atomic mass is 10.0. The van der Waals surface area contributed by atoms with Crippen LogP contribution in [0.1, 0.15) is 43.6 Å². The topological polar surface area (TPSA) is 79.8 Å². The first-order chi connectivity index (χ1) is 13.8. The van der Waals surface area contributed by atoms with Gasteiger partial charge in [-0.1, -0.05) is 43.6 Å². The maximum absolute atomic E-state index is 12.6. The van der Waals surface area contributed by atoms with Gasteiger partial charge in [0, 0.05) is 16.1 Å². The van der Waals surface area contributed by atoms with Crippen molar-refractivity contribution in [2.45, 2.75) is 39.8 Å². The fourth-order valence-electron chi connectivity index (χ4n) is 2.57. The molecule has 2 amide bonds. The molecule has 0 aliphatic rings.